The van der Waals surface area contributed by atoms with Gasteiger partial charge in [0.15, 0.2) is 18.7 Å². The first kappa shape index (κ1) is 57.6. The fourth-order valence-corrected chi connectivity index (χ4v) is 7.32. The van der Waals surface area contributed by atoms with Gasteiger partial charge in [0.1, 0.15) is 55.4 Å². The zero-order chi connectivity index (χ0) is 46.8. The minimum absolute atomic E-state index is 0.159. The summed E-state index contributed by atoms with van der Waals surface area (Å²) in [5.41, 5.74) is 0. The van der Waals surface area contributed by atoms with E-state index in [1.165, 1.54) is 32.1 Å². The number of unbranched alkanes of at least 4 members (excludes halogenated alkanes) is 14. The van der Waals surface area contributed by atoms with Crippen LogP contribution in [0.25, 0.3) is 0 Å². The number of rotatable bonds is 36. The van der Waals surface area contributed by atoms with Gasteiger partial charge in [0.05, 0.1) is 19.8 Å². The van der Waals surface area contributed by atoms with Crippen molar-refractivity contribution >= 4 is 11.9 Å². The molecule has 2 heterocycles. The quantitative estimate of drug-likeness (QED) is 0.0220. The first-order valence-corrected chi connectivity index (χ1v) is 24.2. The molecule has 0 bridgehead atoms. The van der Waals surface area contributed by atoms with Crippen molar-refractivity contribution in [3.8, 4) is 0 Å². The van der Waals surface area contributed by atoms with Crippen LogP contribution >= 0.6 is 0 Å². The molecule has 2 aliphatic heterocycles. The maximum absolute atomic E-state index is 12.9. The standard InChI is InChI=1S/C49H84O15/c1-3-5-7-9-10-11-12-13-14-15-16-17-18-19-20-21-22-23-24-25-26-28-30-32-41(52)62-37(34-59-40(51)31-29-27-8-6-4-2)35-60-48-47(58)45(56)43(54)39(64-48)36-61-49-46(57)44(55)42(53)38(33-50)63-49/h5,7,10-11,13-14,16-17,37-39,42-50,53-58H,3-4,6,8-9,12,15,18-36H2,1-2H3/b7-5-,11-10-,14-13-,17-16-. The fourth-order valence-electron chi connectivity index (χ4n) is 7.32. The van der Waals surface area contributed by atoms with Gasteiger partial charge in [0.2, 0.25) is 0 Å². The molecule has 0 radical (unpaired) electrons. The Morgan fingerprint density at radius 2 is 0.984 bits per heavy atom. The van der Waals surface area contributed by atoms with Crippen LogP contribution in [0.4, 0.5) is 0 Å². The van der Waals surface area contributed by atoms with E-state index in [-0.39, 0.29) is 26.1 Å². The molecule has 0 aromatic rings. The Hall–Kier alpha value is -2.54. The summed E-state index contributed by atoms with van der Waals surface area (Å²) < 4.78 is 33.3. The normalized spacial score (nSPS) is 27.0. The Bertz CT molecular complexity index is 1300. The first-order valence-electron chi connectivity index (χ1n) is 24.2. The van der Waals surface area contributed by atoms with E-state index in [2.05, 4.69) is 62.5 Å². The van der Waals surface area contributed by atoms with E-state index in [1.54, 1.807) is 0 Å². The van der Waals surface area contributed by atoms with Gasteiger partial charge in [0, 0.05) is 12.8 Å². The molecule has 64 heavy (non-hydrogen) atoms. The second-order valence-electron chi connectivity index (χ2n) is 16.9. The molecule has 15 heteroatoms. The average Bonchev–Trinajstić information content (AvgIpc) is 3.29. The number of ether oxygens (including phenoxy) is 6. The molecule has 0 saturated carbocycles. The minimum Gasteiger partial charge on any atom is -0.462 e. The zero-order valence-corrected chi connectivity index (χ0v) is 38.8. The molecule has 11 unspecified atom stereocenters. The molecule has 2 saturated heterocycles. The lowest BCUT2D eigenvalue weighted by atomic mass is 9.98. The van der Waals surface area contributed by atoms with Gasteiger partial charge in [-0.25, -0.2) is 0 Å². The summed E-state index contributed by atoms with van der Waals surface area (Å²) in [6.07, 6.45) is 22.1. The molecule has 11 atom stereocenters. The molecule has 370 valence electrons. The molecular formula is C49H84O15. The van der Waals surface area contributed by atoms with Crippen molar-refractivity contribution in [2.45, 2.75) is 223 Å². The zero-order valence-electron chi connectivity index (χ0n) is 38.8. The molecule has 2 rings (SSSR count). The highest BCUT2D eigenvalue weighted by Gasteiger charge is 2.47. The molecule has 2 aliphatic rings. The third-order valence-corrected chi connectivity index (χ3v) is 11.3. The number of carbonyl (C=O) groups is 2. The van der Waals surface area contributed by atoms with Gasteiger partial charge in [-0.1, -0.05) is 140 Å². The Morgan fingerprint density at radius 3 is 1.55 bits per heavy atom. The Labute approximate surface area is 382 Å². The highest BCUT2D eigenvalue weighted by atomic mass is 16.7. The maximum Gasteiger partial charge on any atom is 0.306 e. The van der Waals surface area contributed by atoms with Crippen molar-refractivity contribution in [1.29, 1.82) is 0 Å². The summed E-state index contributed by atoms with van der Waals surface area (Å²) in [7, 11) is 0. The third kappa shape index (κ3) is 24.8. The van der Waals surface area contributed by atoms with Crippen LogP contribution in [0.2, 0.25) is 0 Å². The average molecular weight is 913 g/mol. The van der Waals surface area contributed by atoms with Crippen molar-refractivity contribution in [2.75, 3.05) is 26.4 Å². The van der Waals surface area contributed by atoms with Crippen LogP contribution in [0, 0.1) is 0 Å². The third-order valence-electron chi connectivity index (χ3n) is 11.3. The van der Waals surface area contributed by atoms with Crippen molar-refractivity contribution < 1.29 is 73.8 Å². The Balaban J connectivity index is 1.72. The van der Waals surface area contributed by atoms with E-state index in [0.29, 0.717) is 12.8 Å². The lowest BCUT2D eigenvalue weighted by Gasteiger charge is -2.42. The molecule has 7 N–H and O–H groups in total. The van der Waals surface area contributed by atoms with Gasteiger partial charge < -0.3 is 64.2 Å². The van der Waals surface area contributed by atoms with Crippen LogP contribution < -0.4 is 0 Å². The second-order valence-corrected chi connectivity index (χ2v) is 16.9. The van der Waals surface area contributed by atoms with E-state index in [9.17, 15) is 45.3 Å². The highest BCUT2D eigenvalue weighted by Crippen LogP contribution is 2.26. The van der Waals surface area contributed by atoms with Crippen LogP contribution in [-0.4, -0.2) is 142 Å². The number of esters is 2. The summed E-state index contributed by atoms with van der Waals surface area (Å²) in [5, 5.41) is 71.8. The lowest BCUT2D eigenvalue weighted by molar-refractivity contribution is -0.332. The number of allylic oxidation sites excluding steroid dienone is 8. The van der Waals surface area contributed by atoms with Crippen molar-refractivity contribution in [3.63, 3.8) is 0 Å². The Kier molecular flexibility index (Phi) is 32.9. The lowest BCUT2D eigenvalue weighted by Crippen LogP contribution is -2.61. The number of aliphatic hydroxyl groups is 7. The summed E-state index contributed by atoms with van der Waals surface area (Å²) >= 11 is 0. The van der Waals surface area contributed by atoms with Crippen LogP contribution in [0.5, 0.6) is 0 Å². The van der Waals surface area contributed by atoms with Gasteiger partial charge >= 0.3 is 11.9 Å². The number of hydrogen-bond acceptors (Lipinski definition) is 15. The van der Waals surface area contributed by atoms with Crippen molar-refractivity contribution in [1.82, 2.24) is 0 Å². The molecule has 2 fully saturated rings. The fraction of sp³-hybridized carbons (Fsp3) is 0.796. The molecular weight excluding hydrogens is 829 g/mol. The monoisotopic (exact) mass is 913 g/mol. The Morgan fingerprint density at radius 1 is 0.516 bits per heavy atom. The van der Waals surface area contributed by atoms with E-state index < -0.39 is 92.7 Å². The van der Waals surface area contributed by atoms with Gasteiger partial charge in [0.25, 0.3) is 0 Å². The molecule has 0 aromatic heterocycles. The largest absolute Gasteiger partial charge is 0.462 e. The summed E-state index contributed by atoms with van der Waals surface area (Å²) in [4.78, 5) is 25.4. The van der Waals surface area contributed by atoms with Gasteiger partial charge in [-0.3, -0.25) is 9.59 Å². The number of aliphatic hydroxyl groups excluding tert-OH is 7. The highest BCUT2D eigenvalue weighted by molar-refractivity contribution is 5.70. The molecule has 0 amide bonds. The van der Waals surface area contributed by atoms with Crippen LogP contribution in [0.15, 0.2) is 48.6 Å². The summed E-state index contributed by atoms with van der Waals surface area (Å²) in [5.74, 6) is -0.946. The van der Waals surface area contributed by atoms with Crippen LogP contribution in [-0.2, 0) is 38.0 Å². The molecule has 0 spiro atoms. The minimum atomic E-state index is -1.76. The van der Waals surface area contributed by atoms with Gasteiger partial charge in [-0.05, 0) is 51.4 Å². The number of carbonyl (C=O) groups excluding carboxylic acids is 2. The van der Waals surface area contributed by atoms with Crippen LogP contribution in [0.3, 0.4) is 0 Å². The second kappa shape index (κ2) is 36.6. The summed E-state index contributed by atoms with van der Waals surface area (Å²) in [6.45, 7) is 2.35. The maximum atomic E-state index is 12.9. The first-order chi connectivity index (χ1) is 31.0. The van der Waals surface area contributed by atoms with Crippen LogP contribution in [0.1, 0.15) is 155 Å². The SMILES string of the molecule is CC/C=C\C/C=C\C/C=C\C/C=C\CCCCCCCCCCCCC(=O)OC(COC(=O)CCCCCCC)COC1OC(COC2OC(CO)C(O)C(O)C2O)C(O)C(O)C1O. The van der Waals surface area contributed by atoms with Gasteiger partial charge in [-0.2, -0.15) is 0 Å². The number of hydrogen-bond donors (Lipinski definition) is 7. The predicted octanol–water partition coefficient (Wildman–Crippen LogP) is 5.93. The molecule has 0 aliphatic carbocycles. The smallest absolute Gasteiger partial charge is 0.306 e. The molecule has 0 aromatic carbocycles. The van der Waals surface area contributed by atoms with Gasteiger partial charge in [-0.15, -0.1) is 0 Å². The van der Waals surface area contributed by atoms with E-state index in [4.69, 9.17) is 28.4 Å². The van der Waals surface area contributed by atoms with Crippen molar-refractivity contribution in [2.24, 2.45) is 0 Å². The molecule has 15 nitrogen and oxygen atoms in total. The van der Waals surface area contributed by atoms with Crippen molar-refractivity contribution in [3.05, 3.63) is 48.6 Å². The predicted molar refractivity (Wildman–Crippen MR) is 243 cm³/mol. The van der Waals surface area contributed by atoms with E-state index in [1.807, 2.05) is 0 Å². The topological polar surface area (TPSA) is 231 Å². The van der Waals surface area contributed by atoms with E-state index >= 15 is 0 Å². The summed E-state index contributed by atoms with van der Waals surface area (Å²) in [6, 6.07) is 0. The van der Waals surface area contributed by atoms with E-state index in [0.717, 1.165) is 83.5 Å².